The summed E-state index contributed by atoms with van der Waals surface area (Å²) < 4.78 is 5.10. The van der Waals surface area contributed by atoms with Gasteiger partial charge < -0.3 is 10.1 Å². The van der Waals surface area contributed by atoms with E-state index in [-0.39, 0.29) is 41.0 Å². The van der Waals surface area contributed by atoms with Gasteiger partial charge in [-0.2, -0.15) is 0 Å². The van der Waals surface area contributed by atoms with Gasteiger partial charge in [0.05, 0.1) is 33.8 Å². The van der Waals surface area contributed by atoms with Crippen LogP contribution in [-0.4, -0.2) is 30.3 Å². The van der Waals surface area contributed by atoms with Gasteiger partial charge in [-0.25, -0.2) is 9.69 Å². The lowest BCUT2D eigenvalue weighted by Crippen LogP contribution is -2.33. The number of esters is 1. The van der Waals surface area contributed by atoms with Crippen molar-refractivity contribution in [3.8, 4) is 0 Å². The van der Waals surface area contributed by atoms with E-state index in [4.69, 9.17) is 27.9 Å². The molecule has 33 heavy (non-hydrogen) atoms. The number of benzene rings is 2. The predicted octanol–water partition coefficient (Wildman–Crippen LogP) is 4.10. The van der Waals surface area contributed by atoms with E-state index in [1.807, 2.05) is 12.2 Å². The van der Waals surface area contributed by atoms with E-state index in [9.17, 15) is 19.2 Å². The summed E-state index contributed by atoms with van der Waals surface area (Å²) in [4.78, 5) is 51.8. The van der Waals surface area contributed by atoms with Gasteiger partial charge in [-0.1, -0.05) is 41.4 Å². The van der Waals surface area contributed by atoms with E-state index in [1.165, 1.54) is 29.2 Å². The minimum Gasteiger partial charge on any atom is -0.452 e. The van der Waals surface area contributed by atoms with Crippen LogP contribution in [0.4, 0.5) is 11.4 Å². The lowest BCUT2D eigenvalue weighted by atomic mass is 9.85. The number of ether oxygens (including phenoxy) is 1. The fourth-order valence-electron chi connectivity index (χ4n) is 4.92. The number of nitrogens with zero attached hydrogens (tertiary/aromatic N) is 1. The van der Waals surface area contributed by atoms with Crippen LogP contribution in [-0.2, 0) is 19.1 Å². The van der Waals surface area contributed by atoms with Gasteiger partial charge in [0, 0.05) is 5.02 Å². The van der Waals surface area contributed by atoms with Crippen molar-refractivity contribution >= 4 is 58.3 Å². The first kappa shape index (κ1) is 21.7. The van der Waals surface area contributed by atoms with Crippen molar-refractivity contribution in [2.45, 2.75) is 6.42 Å². The van der Waals surface area contributed by atoms with E-state index >= 15 is 0 Å². The Balaban J connectivity index is 1.25. The second-order valence-electron chi connectivity index (χ2n) is 8.31. The van der Waals surface area contributed by atoms with Gasteiger partial charge in [0.1, 0.15) is 0 Å². The monoisotopic (exact) mass is 484 g/mol. The molecule has 0 aromatic heterocycles. The third-order valence-electron chi connectivity index (χ3n) is 6.35. The summed E-state index contributed by atoms with van der Waals surface area (Å²) in [6.07, 6.45) is 4.89. The highest BCUT2D eigenvalue weighted by Crippen LogP contribution is 2.53. The molecule has 1 N–H and O–H groups in total. The summed E-state index contributed by atoms with van der Waals surface area (Å²) in [6.45, 7) is -0.549. The second-order valence-corrected chi connectivity index (χ2v) is 9.15. The number of fused-ring (bicyclic) bond motifs is 5. The number of carbonyl (C=O) groups excluding carboxylic acids is 4. The van der Waals surface area contributed by atoms with Crippen LogP contribution in [0.3, 0.4) is 0 Å². The second kappa shape index (κ2) is 8.32. The number of anilines is 2. The number of allylic oxidation sites excluding steroid dienone is 2. The minimum atomic E-state index is -0.759. The molecule has 168 valence electrons. The Kier molecular flexibility index (Phi) is 5.46. The average Bonchev–Trinajstić information content (AvgIpc) is 3.48. The predicted molar refractivity (Wildman–Crippen MR) is 122 cm³/mol. The molecule has 1 saturated carbocycles. The standard InChI is InChI=1S/C24H18Cl2N2O5/c25-15-6-7-17(26)18(10-15)27-19(29)11-33-24(32)14-2-1-3-16(9-14)28-22(30)20-12-4-5-13(8-12)21(20)23(28)31/h1-7,9-10,12-13,20-21H,8,11H2,(H,27,29)/t12-,13-,20-,21+/m0/s1. The molecule has 2 bridgehead atoms. The molecule has 5 rings (SSSR count). The van der Waals surface area contributed by atoms with Gasteiger partial charge in [-0.05, 0) is 54.7 Å². The molecule has 4 atom stereocenters. The molecular weight excluding hydrogens is 467 g/mol. The topological polar surface area (TPSA) is 92.8 Å². The van der Waals surface area contributed by atoms with Crippen molar-refractivity contribution in [1.29, 1.82) is 0 Å². The molecule has 2 aromatic rings. The zero-order chi connectivity index (χ0) is 23.3. The van der Waals surface area contributed by atoms with Crippen LogP contribution >= 0.6 is 23.2 Å². The Hall–Kier alpha value is -3.16. The zero-order valence-corrected chi connectivity index (χ0v) is 18.7. The quantitative estimate of drug-likeness (QED) is 0.391. The Labute approximate surface area is 199 Å². The molecule has 1 heterocycles. The van der Waals surface area contributed by atoms with E-state index in [0.717, 1.165) is 6.42 Å². The van der Waals surface area contributed by atoms with Gasteiger partial charge in [0.2, 0.25) is 11.8 Å². The summed E-state index contributed by atoms with van der Waals surface area (Å²) in [7, 11) is 0. The van der Waals surface area contributed by atoms with E-state index < -0.39 is 18.5 Å². The third-order valence-corrected chi connectivity index (χ3v) is 6.91. The summed E-state index contributed by atoms with van der Waals surface area (Å²) in [5, 5.41) is 3.21. The normalized spacial score (nSPS) is 24.8. The third kappa shape index (κ3) is 3.81. The summed E-state index contributed by atoms with van der Waals surface area (Å²) in [5.41, 5.74) is 0.746. The maximum atomic E-state index is 13.0. The number of hydrogen-bond donors (Lipinski definition) is 1. The highest BCUT2D eigenvalue weighted by Gasteiger charge is 2.59. The molecule has 9 heteroatoms. The number of carbonyl (C=O) groups is 4. The summed E-state index contributed by atoms with van der Waals surface area (Å²) >= 11 is 11.9. The SMILES string of the molecule is O=C(COC(=O)c1cccc(N2C(=O)[C@@H]3[C@H](C2=O)[C@H]2C=C[C@H]3C2)c1)Nc1cc(Cl)ccc1Cl. The molecule has 2 fully saturated rings. The Bertz CT molecular complexity index is 1200. The minimum absolute atomic E-state index is 0.0982. The van der Waals surface area contributed by atoms with Crippen LogP contribution in [0.15, 0.2) is 54.6 Å². The van der Waals surface area contributed by atoms with Gasteiger partial charge in [-0.3, -0.25) is 14.4 Å². The van der Waals surface area contributed by atoms with Crippen LogP contribution in [0.25, 0.3) is 0 Å². The smallest absolute Gasteiger partial charge is 0.338 e. The van der Waals surface area contributed by atoms with Crippen LogP contribution in [0.2, 0.25) is 10.0 Å². The van der Waals surface area contributed by atoms with Crippen molar-refractivity contribution in [1.82, 2.24) is 0 Å². The number of imide groups is 1. The number of halogens is 2. The molecule has 0 unspecified atom stereocenters. The van der Waals surface area contributed by atoms with Crippen LogP contribution in [0.5, 0.6) is 0 Å². The molecule has 0 spiro atoms. The van der Waals surface area contributed by atoms with Crippen LogP contribution in [0.1, 0.15) is 16.8 Å². The van der Waals surface area contributed by atoms with Gasteiger partial charge in [0.15, 0.2) is 6.61 Å². The van der Waals surface area contributed by atoms with Gasteiger partial charge in [0.25, 0.3) is 5.91 Å². The highest BCUT2D eigenvalue weighted by molar-refractivity contribution is 6.35. The molecule has 1 saturated heterocycles. The van der Waals surface area contributed by atoms with Crippen molar-refractivity contribution in [2.75, 3.05) is 16.8 Å². The van der Waals surface area contributed by atoms with Crippen molar-refractivity contribution < 1.29 is 23.9 Å². The largest absolute Gasteiger partial charge is 0.452 e. The highest BCUT2D eigenvalue weighted by atomic mass is 35.5. The Morgan fingerprint density at radius 1 is 1.00 bits per heavy atom. The number of hydrogen-bond acceptors (Lipinski definition) is 5. The molecule has 2 aliphatic carbocycles. The average molecular weight is 485 g/mol. The fraction of sp³-hybridized carbons (Fsp3) is 0.250. The summed E-state index contributed by atoms with van der Waals surface area (Å²) in [6, 6.07) is 10.7. The molecule has 3 aliphatic rings. The lowest BCUT2D eigenvalue weighted by Gasteiger charge is -2.18. The molecular formula is C24H18Cl2N2O5. The zero-order valence-electron chi connectivity index (χ0n) is 17.2. The Morgan fingerprint density at radius 2 is 1.70 bits per heavy atom. The van der Waals surface area contributed by atoms with Crippen molar-refractivity contribution in [2.24, 2.45) is 23.7 Å². The molecule has 3 amide bonds. The van der Waals surface area contributed by atoms with Gasteiger partial charge >= 0.3 is 5.97 Å². The maximum Gasteiger partial charge on any atom is 0.338 e. The van der Waals surface area contributed by atoms with Crippen molar-refractivity contribution in [3.63, 3.8) is 0 Å². The van der Waals surface area contributed by atoms with Crippen molar-refractivity contribution in [3.05, 3.63) is 70.2 Å². The summed E-state index contributed by atoms with van der Waals surface area (Å²) in [5.74, 6) is -2.28. The first-order valence-corrected chi connectivity index (χ1v) is 11.2. The lowest BCUT2D eigenvalue weighted by molar-refractivity contribution is -0.123. The van der Waals surface area contributed by atoms with E-state index in [0.29, 0.717) is 21.4 Å². The number of amides is 3. The molecule has 2 aromatic carbocycles. The van der Waals surface area contributed by atoms with Crippen LogP contribution in [0, 0.1) is 23.7 Å². The van der Waals surface area contributed by atoms with E-state index in [1.54, 1.807) is 18.2 Å². The molecule has 0 radical (unpaired) electrons. The van der Waals surface area contributed by atoms with E-state index in [2.05, 4.69) is 5.32 Å². The molecule has 1 aliphatic heterocycles. The Morgan fingerprint density at radius 3 is 2.39 bits per heavy atom. The maximum absolute atomic E-state index is 13.0. The fourth-order valence-corrected chi connectivity index (χ4v) is 5.26. The van der Waals surface area contributed by atoms with Crippen LogP contribution < -0.4 is 10.2 Å². The number of nitrogens with one attached hydrogen (secondary N) is 1. The first-order chi connectivity index (χ1) is 15.8. The van der Waals surface area contributed by atoms with Gasteiger partial charge in [-0.15, -0.1) is 0 Å². The molecule has 7 nitrogen and oxygen atoms in total. The number of rotatable bonds is 5. The first-order valence-electron chi connectivity index (χ1n) is 10.4.